The molecule has 2 unspecified atom stereocenters. The zero-order valence-corrected chi connectivity index (χ0v) is 7.39. The van der Waals surface area contributed by atoms with E-state index in [0.717, 1.165) is 6.54 Å². The van der Waals surface area contributed by atoms with E-state index < -0.39 is 0 Å². The van der Waals surface area contributed by atoms with E-state index in [1.54, 1.807) is 0 Å². The minimum atomic E-state index is 0.391. The van der Waals surface area contributed by atoms with Gasteiger partial charge in [0.25, 0.3) is 0 Å². The molecule has 3 atom stereocenters. The van der Waals surface area contributed by atoms with E-state index in [9.17, 15) is 0 Å². The molecule has 0 bridgehead atoms. The summed E-state index contributed by atoms with van der Waals surface area (Å²) in [4.78, 5) is 0. The summed E-state index contributed by atoms with van der Waals surface area (Å²) in [6.07, 6.45) is 4.77. The van der Waals surface area contributed by atoms with E-state index in [2.05, 4.69) is 19.2 Å². The van der Waals surface area contributed by atoms with Crippen molar-refractivity contribution in [1.82, 2.24) is 5.32 Å². The van der Waals surface area contributed by atoms with Crippen LogP contribution in [0.2, 0.25) is 0 Å². The quantitative estimate of drug-likeness (QED) is 0.580. The molecular weight excluding hydrogens is 138 g/mol. The number of nitrogens with one attached hydrogen (secondary N) is 1. The normalized spacial score (nSPS) is 49.6. The van der Waals surface area contributed by atoms with Gasteiger partial charge in [-0.15, -0.1) is 0 Å². The van der Waals surface area contributed by atoms with Crippen LogP contribution in [-0.2, 0) is 4.74 Å². The SMILES string of the molecule is CC[C@]1(C)CCCNC2OC21. The van der Waals surface area contributed by atoms with Crippen LogP contribution in [0.25, 0.3) is 0 Å². The molecule has 0 aromatic carbocycles. The van der Waals surface area contributed by atoms with Crippen LogP contribution in [0, 0.1) is 5.41 Å². The van der Waals surface area contributed by atoms with Gasteiger partial charge in [0.15, 0.2) is 0 Å². The summed E-state index contributed by atoms with van der Waals surface area (Å²) in [5, 5.41) is 3.39. The molecule has 2 heteroatoms. The van der Waals surface area contributed by atoms with Gasteiger partial charge >= 0.3 is 0 Å². The number of fused-ring (bicyclic) bond motifs is 1. The first-order chi connectivity index (χ1) is 5.26. The fraction of sp³-hybridized carbons (Fsp3) is 1.00. The maximum atomic E-state index is 5.55. The second kappa shape index (κ2) is 2.46. The first-order valence-electron chi connectivity index (χ1n) is 4.65. The van der Waals surface area contributed by atoms with Crippen LogP contribution in [0.15, 0.2) is 0 Å². The van der Waals surface area contributed by atoms with E-state index >= 15 is 0 Å². The van der Waals surface area contributed by atoms with Gasteiger partial charge in [0.2, 0.25) is 0 Å². The summed E-state index contributed by atoms with van der Waals surface area (Å²) in [7, 11) is 0. The third kappa shape index (κ3) is 1.18. The summed E-state index contributed by atoms with van der Waals surface area (Å²) in [5.41, 5.74) is 0.453. The molecule has 0 aromatic heterocycles. The second-order valence-corrected chi connectivity index (χ2v) is 4.04. The number of rotatable bonds is 1. The average Bonchev–Trinajstić information content (AvgIpc) is 2.75. The van der Waals surface area contributed by atoms with Gasteiger partial charge in [-0.3, -0.25) is 5.32 Å². The summed E-state index contributed by atoms with van der Waals surface area (Å²) in [6.45, 7) is 5.76. The summed E-state index contributed by atoms with van der Waals surface area (Å²) in [5.74, 6) is 0. The summed E-state index contributed by atoms with van der Waals surface area (Å²) >= 11 is 0. The molecule has 1 N–H and O–H groups in total. The lowest BCUT2D eigenvalue weighted by molar-refractivity contribution is 0.185. The van der Waals surface area contributed by atoms with Crippen molar-refractivity contribution in [3.8, 4) is 0 Å². The molecule has 2 aliphatic rings. The molecule has 0 aromatic rings. The first-order valence-corrected chi connectivity index (χ1v) is 4.65. The monoisotopic (exact) mass is 155 g/mol. The van der Waals surface area contributed by atoms with E-state index in [-0.39, 0.29) is 0 Å². The van der Waals surface area contributed by atoms with Gasteiger partial charge < -0.3 is 4.74 Å². The fourth-order valence-corrected chi connectivity index (χ4v) is 2.05. The Morgan fingerprint density at radius 3 is 3.18 bits per heavy atom. The standard InChI is InChI=1S/C9H17NO/c1-3-9(2)5-4-6-10-8-7(9)11-8/h7-8,10H,3-6H2,1-2H3/t7?,8?,9-/m1/s1. The van der Waals surface area contributed by atoms with Crippen LogP contribution in [0.1, 0.15) is 33.1 Å². The summed E-state index contributed by atoms with van der Waals surface area (Å²) < 4.78 is 5.55. The predicted molar refractivity (Wildman–Crippen MR) is 44.3 cm³/mol. The van der Waals surface area contributed by atoms with Gasteiger partial charge in [-0.2, -0.15) is 0 Å². The van der Waals surface area contributed by atoms with Gasteiger partial charge in [0.1, 0.15) is 12.3 Å². The van der Waals surface area contributed by atoms with E-state index in [1.165, 1.54) is 19.3 Å². The van der Waals surface area contributed by atoms with Gasteiger partial charge in [-0.1, -0.05) is 13.8 Å². The van der Waals surface area contributed by atoms with Crippen LogP contribution >= 0.6 is 0 Å². The molecule has 2 fully saturated rings. The highest BCUT2D eigenvalue weighted by atomic mass is 16.6. The topological polar surface area (TPSA) is 24.6 Å². The zero-order valence-electron chi connectivity index (χ0n) is 7.39. The molecule has 2 rings (SSSR count). The lowest BCUT2D eigenvalue weighted by atomic mass is 9.80. The van der Waals surface area contributed by atoms with Crippen molar-refractivity contribution in [1.29, 1.82) is 0 Å². The minimum Gasteiger partial charge on any atom is -0.353 e. The van der Waals surface area contributed by atoms with Gasteiger partial charge in [0, 0.05) is 0 Å². The molecular formula is C9H17NO. The Morgan fingerprint density at radius 2 is 2.45 bits per heavy atom. The zero-order chi connectivity index (χ0) is 7.90. The Balaban J connectivity index is 2.07. The molecule has 0 saturated carbocycles. The van der Waals surface area contributed by atoms with Crippen LogP contribution in [-0.4, -0.2) is 18.9 Å². The van der Waals surface area contributed by atoms with Gasteiger partial charge in [-0.05, 0) is 31.2 Å². The van der Waals surface area contributed by atoms with E-state index in [4.69, 9.17) is 4.74 Å². The van der Waals surface area contributed by atoms with Gasteiger partial charge in [-0.25, -0.2) is 0 Å². The number of ether oxygens (including phenoxy) is 1. The fourth-order valence-electron chi connectivity index (χ4n) is 2.05. The highest BCUT2D eigenvalue weighted by Gasteiger charge is 2.51. The Hall–Kier alpha value is -0.0800. The smallest absolute Gasteiger partial charge is 0.135 e. The Labute approximate surface area is 68.3 Å². The summed E-state index contributed by atoms with van der Waals surface area (Å²) in [6, 6.07) is 0. The van der Waals surface area contributed by atoms with Crippen molar-refractivity contribution in [3.05, 3.63) is 0 Å². The van der Waals surface area contributed by atoms with Crippen molar-refractivity contribution in [2.75, 3.05) is 6.54 Å². The lowest BCUT2D eigenvalue weighted by Crippen LogP contribution is -2.24. The molecule has 11 heavy (non-hydrogen) atoms. The molecule has 0 aliphatic carbocycles. The Kier molecular flexibility index (Phi) is 1.69. The highest BCUT2D eigenvalue weighted by molar-refractivity contribution is 4.98. The molecule has 64 valence electrons. The van der Waals surface area contributed by atoms with Crippen LogP contribution in [0.3, 0.4) is 0 Å². The van der Waals surface area contributed by atoms with Crippen LogP contribution in [0.4, 0.5) is 0 Å². The van der Waals surface area contributed by atoms with E-state index in [0.29, 0.717) is 17.7 Å². The van der Waals surface area contributed by atoms with Gasteiger partial charge in [0.05, 0.1) is 0 Å². The molecule has 2 aliphatic heterocycles. The third-order valence-corrected chi connectivity index (χ3v) is 3.26. The second-order valence-electron chi connectivity index (χ2n) is 4.04. The molecule has 2 nitrogen and oxygen atoms in total. The number of hydrogen-bond donors (Lipinski definition) is 1. The van der Waals surface area contributed by atoms with Crippen molar-refractivity contribution < 1.29 is 4.74 Å². The largest absolute Gasteiger partial charge is 0.353 e. The molecule has 0 radical (unpaired) electrons. The van der Waals surface area contributed by atoms with E-state index in [1.807, 2.05) is 0 Å². The number of hydrogen-bond acceptors (Lipinski definition) is 2. The molecule has 2 saturated heterocycles. The highest BCUT2D eigenvalue weighted by Crippen LogP contribution is 2.44. The maximum Gasteiger partial charge on any atom is 0.135 e. The minimum absolute atomic E-state index is 0.391. The van der Waals surface area contributed by atoms with Crippen LogP contribution < -0.4 is 5.32 Å². The molecule has 2 heterocycles. The van der Waals surface area contributed by atoms with Crippen molar-refractivity contribution in [2.24, 2.45) is 5.41 Å². The average molecular weight is 155 g/mol. The number of epoxide rings is 1. The molecule has 0 spiro atoms. The lowest BCUT2D eigenvalue weighted by Gasteiger charge is -2.24. The Morgan fingerprint density at radius 1 is 1.64 bits per heavy atom. The molecule has 0 amide bonds. The maximum absolute atomic E-state index is 5.55. The van der Waals surface area contributed by atoms with Crippen molar-refractivity contribution in [3.63, 3.8) is 0 Å². The third-order valence-electron chi connectivity index (χ3n) is 3.26. The van der Waals surface area contributed by atoms with Crippen LogP contribution in [0.5, 0.6) is 0 Å². The first kappa shape index (κ1) is 7.56. The Bertz CT molecular complexity index is 160. The van der Waals surface area contributed by atoms with Crippen molar-refractivity contribution in [2.45, 2.75) is 45.4 Å². The van der Waals surface area contributed by atoms with Crippen molar-refractivity contribution >= 4 is 0 Å². The predicted octanol–water partition coefficient (Wildman–Crippen LogP) is 1.51.